The molecule has 0 aromatic heterocycles. The second kappa shape index (κ2) is 4.41. The summed E-state index contributed by atoms with van der Waals surface area (Å²) < 4.78 is 28.7. The fraction of sp³-hybridized carbons (Fsp3) is 0.500. The summed E-state index contributed by atoms with van der Waals surface area (Å²) in [4.78, 5) is 0. The number of hydrogen-bond donors (Lipinski definition) is 1. The molecule has 0 bridgehead atoms. The maximum atomic E-state index is 14.6. The van der Waals surface area contributed by atoms with Crippen LogP contribution < -0.4 is 5.73 Å². The Balaban J connectivity index is 2.32. The molecule has 0 atom stereocenters. The number of halogens is 3. The highest BCUT2D eigenvalue weighted by Gasteiger charge is 2.38. The molecule has 0 unspecified atom stereocenters. The highest BCUT2D eigenvalue weighted by atomic mass is 79.9. The molecule has 0 aliphatic heterocycles. The normalized spacial score (nSPS) is 30.4. The van der Waals surface area contributed by atoms with E-state index in [1.54, 1.807) is 12.1 Å². The molecular formula is C12H14BrF2N. The van der Waals surface area contributed by atoms with Crippen molar-refractivity contribution in [3.05, 3.63) is 34.1 Å². The first-order chi connectivity index (χ1) is 7.53. The molecule has 1 nitrogen and oxygen atoms in total. The quantitative estimate of drug-likeness (QED) is 0.839. The third-order valence-corrected chi connectivity index (χ3v) is 3.87. The fourth-order valence-corrected chi connectivity index (χ4v) is 2.58. The van der Waals surface area contributed by atoms with Crippen molar-refractivity contribution in [2.75, 3.05) is 0 Å². The second-order valence-electron chi connectivity index (χ2n) is 4.40. The van der Waals surface area contributed by atoms with E-state index in [2.05, 4.69) is 15.9 Å². The first-order valence-electron chi connectivity index (χ1n) is 5.42. The largest absolute Gasteiger partial charge is 0.328 e. The average Bonchev–Trinajstić information content (AvgIpc) is 2.27. The number of benzene rings is 1. The van der Waals surface area contributed by atoms with Crippen molar-refractivity contribution in [2.24, 2.45) is 5.73 Å². The minimum Gasteiger partial charge on any atom is -0.328 e. The molecule has 0 amide bonds. The van der Waals surface area contributed by atoms with Crippen LogP contribution >= 0.6 is 15.9 Å². The third kappa shape index (κ3) is 2.13. The molecule has 0 saturated heterocycles. The second-order valence-corrected chi connectivity index (χ2v) is 5.26. The van der Waals surface area contributed by atoms with Crippen LogP contribution in [0.2, 0.25) is 0 Å². The van der Waals surface area contributed by atoms with Crippen LogP contribution in [0.1, 0.15) is 31.2 Å². The summed E-state index contributed by atoms with van der Waals surface area (Å²) in [7, 11) is 0. The van der Waals surface area contributed by atoms with Crippen LogP contribution in [-0.4, -0.2) is 6.04 Å². The Bertz CT molecular complexity index is 387. The topological polar surface area (TPSA) is 26.0 Å². The molecule has 4 heteroatoms. The van der Waals surface area contributed by atoms with Gasteiger partial charge >= 0.3 is 0 Å². The Morgan fingerprint density at radius 1 is 1.31 bits per heavy atom. The molecule has 1 saturated carbocycles. The van der Waals surface area contributed by atoms with Gasteiger partial charge in [0.15, 0.2) is 0 Å². The van der Waals surface area contributed by atoms with Crippen LogP contribution in [-0.2, 0) is 5.67 Å². The van der Waals surface area contributed by atoms with Crippen molar-refractivity contribution in [1.82, 2.24) is 0 Å². The van der Waals surface area contributed by atoms with Crippen molar-refractivity contribution in [2.45, 2.75) is 37.4 Å². The van der Waals surface area contributed by atoms with Crippen molar-refractivity contribution in [1.29, 1.82) is 0 Å². The molecule has 16 heavy (non-hydrogen) atoms. The van der Waals surface area contributed by atoms with Gasteiger partial charge in [0, 0.05) is 11.6 Å². The number of rotatable bonds is 1. The molecule has 2 N–H and O–H groups in total. The van der Waals surface area contributed by atoms with E-state index in [1.807, 2.05) is 0 Å². The molecule has 1 aliphatic rings. The van der Waals surface area contributed by atoms with Gasteiger partial charge in [0.25, 0.3) is 0 Å². The molecule has 0 heterocycles. The lowest BCUT2D eigenvalue weighted by Crippen LogP contribution is -2.34. The van der Waals surface area contributed by atoms with Crippen LogP contribution in [0, 0.1) is 5.82 Å². The zero-order valence-corrected chi connectivity index (χ0v) is 10.4. The Morgan fingerprint density at radius 3 is 2.56 bits per heavy atom. The van der Waals surface area contributed by atoms with Gasteiger partial charge in [0.05, 0.1) is 4.47 Å². The van der Waals surface area contributed by atoms with Crippen LogP contribution in [0.4, 0.5) is 8.78 Å². The smallest absolute Gasteiger partial charge is 0.143 e. The maximum Gasteiger partial charge on any atom is 0.143 e. The molecule has 1 aliphatic carbocycles. The van der Waals surface area contributed by atoms with E-state index >= 15 is 0 Å². The van der Waals surface area contributed by atoms with Crippen LogP contribution in [0.3, 0.4) is 0 Å². The SMILES string of the molecule is NC1CCC(F)(c2cccc(Br)c2F)CC1. The van der Waals surface area contributed by atoms with Gasteiger partial charge in [0.1, 0.15) is 11.5 Å². The lowest BCUT2D eigenvalue weighted by Gasteiger charge is -2.33. The number of alkyl halides is 1. The van der Waals surface area contributed by atoms with E-state index in [0.717, 1.165) is 0 Å². The van der Waals surface area contributed by atoms with Gasteiger partial charge in [-0.2, -0.15) is 0 Å². The summed E-state index contributed by atoms with van der Waals surface area (Å²) in [5.41, 5.74) is 4.34. The fourth-order valence-electron chi connectivity index (χ4n) is 2.22. The Kier molecular flexibility index (Phi) is 3.31. The van der Waals surface area contributed by atoms with Crippen LogP contribution in [0.25, 0.3) is 0 Å². The van der Waals surface area contributed by atoms with E-state index < -0.39 is 11.5 Å². The average molecular weight is 290 g/mol. The zero-order chi connectivity index (χ0) is 11.8. The first kappa shape index (κ1) is 12.0. The summed E-state index contributed by atoms with van der Waals surface area (Å²) in [6.07, 6.45) is 1.84. The van der Waals surface area contributed by atoms with E-state index in [9.17, 15) is 8.78 Å². The van der Waals surface area contributed by atoms with Crippen molar-refractivity contribution >= 4 is 15.9 Å². The Hall–Kier alpha value is -0.480. The predicted molar refractivity (Wildman–Crippen MR) is 63.3 cm³/mol. The molecule has 0 radical (unpaired) electrons. The Labute approximate surface area is 102 Å². The minimum atomic E-state index is -1.55. The standard InChI is InChI=1S/C12H14BrF2N/c13-10-3-1-2-9(11(10)14)12(15)6-4-8(16)5-7-12/h1-3,8H,4-7,16H2. The molecule has 1 aromatic carbocycles. The van der Waals surface area contributed by atoms with Gasteiger partial charge < -0.3 is 5.73 Å². The van der Waals surface area contributed by atoms with Gasteiger partial charge in [-0.1, -0.05) is 12.1 Å². The zero-order valence-electron chi connectivity index (χ0n) is 8.85. The van der Waals surface area contributed by atoms with Gasteiger partial charge in [-0.25, -0.2) is 8.78 Å². The molecule has 1 fully saturated rings. The monoisotopic (exact) mass is 289 g/mol. The van der Waals surface area contributed by atoms with E-state index in [1.165, 1.54) is 6.07 Å². The summed E-state index contributed by atoms with van der Waals surface area (Å²) in [5, 5.41) is 0. The summed E-state index contributed by atoms with van der Waals surface area (Å²) >= 11 is 3.08. The van der Waals surface area contributed by atoms with Gasteiger partial charge in [-0.05, 0) is 47.7 Å². The number of hydrogen-bond acceptors (Lipinski definition) is 1. The maximum absolute atomic E-state index is 14.6. The lowest BCUT2D eigenvalue weighted by atomic mass is 9.79. The van der Waals surface area contributed by atoms with E-state index in [4.69, 9.17) is 5.73 Å². The van der Waals surface area contributed by atoms with Crippen molar-refractivity contribution in [3.63, 3.8) is 0 Å². The van der Waals surface area contributed by atoms with Crippen LogP contribution in [0.5, 0.6) is 0 Å². The van der Waals surface area contributed by atoms with Crippen molar-refractivity contribution in [3.8, 4) is 0 Å². The minimum absolute atomic E-state index is 0.0547. The first-order valence-corrected chi connectivity index (χ1v) is 6.21. The Morgan fingerprint density at radius 2 is 1.94 bits per heavy atom. The summed E-state index contributed by atoms with van der Waals surface area (Å²) in [6, 6.07) is 4.82. The summed E-state index contributed by atoms with van der Waals surface area (Å²) in [6.45, 7) is 0. The highest BCUT2D eigenvalue weighted by Crippen LogP contribution is 2.42. The van der Waals surface area contributed by atoms with E-state index in [0.29, 0.717) is 30.2 Å². The predicted octanol–water partition coefficient (Wildman–Crippen LogP) is 3.65. The molecule has 0 spiro atoms. The molecular weight excluding hydrogens is 276 g/mol. The van der Waals surface area contributed by atoms with Gasteiger partial charge in [-0.15, -0.1) is 0 Å². The van der Waals surface area contributed by atoms with Crippen molar-refractivity contribution < 1.29 is 8.78 Å². The lowest BCUT2D eigenvalue weighted by molar-refractivity contribution is 0.0934. The third-order valence-electron chi connectivity index (χ3n) is 3.26. The number of nitrogens with two attached hydrogens (primary N) is 1. The van der Waals surface area contributed by atoms with Crippen LogP contribution in [0.15, 0.2) is 22.7 Å². The van der Waals surface area contributed by atoms with E-state index in [-0.39, 0.29) is 11.6 Å². The highest BCUT2D eigenvalue weighted by molar-refractivity contribution is 9.10. The van der Waals surface area contributed by atoms with Gasteiger partial charge in [-0.3, -0.25) is 0 Å². The van der Waals surface area contributed by atoms with Gasteiger partial charge in [0.2, 0.25) is 0 Å². The molecule has 88 valence electrons. The molecule has 1 aromatic rings. The summed E-state index contributed by atoms with van der Waals surface area (Å²) in [5.74, 6) is -0.486. The molecule has 2 rings (SSSR count).